The van der Waals surface area contributed by atoms with Crippen LogP contribution in [0.3, 0.4) is 0 Å². The summed E-state index contributed by atoms with van der Waals surface area (Å²) >= 11 is 3.42. The van der Waals surface area contributed by atoms with E-state index in [0.29, 0.717) is 30.3 Å². The Labute approximate surface area is 207 Å². The number of benzene rings is 3. The topological polar surface area (TPSA) is 89.0 Å². The summed E-state index contributed by atoms with van der Waals surface area (Å²) in [5.74, 6) is -0.455. The summed E-state index contributed by atoms with van der Waals surface area (Å²) < 4.78 is 12.6. The number of ether oxygens (including phenoxy) is 2. The fourth-order valence-electron chi connectivity index (χ4n) is 3.04. The van der Waals surface area contributed by atoms with Crippen molar-refractivity contribution in [1.29, 1.82) is 0 Å². The van der Waals surface area contributed by atoms with Crippen LogP contribution < -0.4 is 20.2 Å². The number of carbonyl (C=O) groups excluding carboxylic acids is 2. The lowest BCUT2D eigenvalue weighted by atomic mass is 10.1. The summed E-state index contributed by atoms with van der Waals surface area (Å²) in [5.41, 5.74) is 4.85. The molecule has 1 atom stereocenters. The highest BCUT2D eigenvalue weighted by atomic mass is 79.9. The third-order valence-electron chi connectivity index (χ3n) is 4.81. The van der Waals surface area contributed by atoms with E-state index >= 15 is 0 Å². The number of nitrogens with one attached hydrogen (secondary N) is 2. The molecule has 8 heteroatoms. The van der Waals surface area contributed by atoms with Crippen LogP contribution in [0.1, 0.15) is 36.6 Å². The van der Waals surface area contributed by atoms with Gasteiger partial charge in [-0.3, -0.25) is 9.59 Å². The summed E-state index contributed by atoms with van der Waals surface area (Å²) in [7, 11) is 0. The number of carbonyl (C=O) groups is 2. The molecule has 0 aliphatic carbocycles. The van der Waals surface area contributed by atoms with Gasteiger partial charge in [0.15, 0.2) is 11.5 Å². The highest BCUT2D eigenvalue weighted by Crippen LogP contribution is 2.29. The zero-order valence-corrected chi connectivity index (χ0v) is 20.5. The molecule has 0 saturated heterocycles. The van der Waals surface area contributed by atoms with Gasteiger partial charge in [-0.05, 0) is 60.9 Å². The van der Waals surface area contributed by atoms with E-state index in [9.17, 15) is 9.59 Å². The van der Waals surface area contributed by atoms with E-state index in [0.717, 1.165) is 15.6 Å². The van der Waals surface area contributed by atoms with Crippen LogP contribution in [-0.2, 0) is 16.2 Å². The van der Waals surface area contributed by atoms with Gasteiger partial charge in [0, 0.05) is 4.47 Å². The second-order valence-electron chi connectivity index (χ2n) is 7.36. The van der Waals surface area contributed by atoms with Gasteiger partial charge in [-0.25, -0.2) is 5.43 Å². The minimum atomic E-state index is -0.849. The lowest BCUT2D eigenvalue weighted by Crippen LogP contribution is -2.39. The molecule has 2 amide bonds. The molecule has 0 unspecified atom stereocenters. The van der Waals surface area contributed by atoms with Crippen molar-refractivity contribution < 1.29 is 19.1 Å². The molecule has 3 rings (SSSR count). The fraction of sp³-hybridized carbons (Fsp3) is 0.192. The first kappa shape index (κ1) is 25.0. The third-order valence-corrected chi connectivity index (χ3v) is 5.34. The predicted octanol–water partition coefficient (Wildman–Crippen LogP) is 4.75. The quantitative estimate of drug-likeness (QED) is 0.240. The van der Waals surface area contributed by atoms with Crippen LogP contribution in [-0.4, -0.2) is 24.6 Å². The average Bonchev–Trinajstić information content (AvgIpc) is 2.85. The molecule has 0 fully saturated rings. The van der Waals surface area contributed by atoms with Crippen molar-refractivity contribution in [2.75, 3.05) is 6.61 Å². The van der Waals surface area contributed by atoms with E-state index in [1.54, 1.807) is 25.1 Å². The van der Waals surface area contributed by atoms with Gasteiger partial charge in [-0.15, -0.1) is 0 Å². The monoisotopic (exact) mass is 523 g/mol. The van der Waals surface area contributed by atoms with Crippen molar-refractivity contribution in [1.82, 2.24) is 10.7 Å². The van der Waals surface area contributed by atoms with Crippen LogP contribution in [0, 0.1) is 0 Å². The van der Waals surface area contributed by atoms with Gasteiger partial charge in [0.2, 0.25) is 0 Å². The first-order valence-corrected chi connectivity index (χ1v) is 11.6. The molecule has 176 valence electrons. The van der Waals surface area contributed by atoms with Gasteiger partial charge in [0.1, 0.15) is 6.61 Å². The normalized spacial score (nSPS) is 11.6. The molecule has 0 aliphatic rings. The van der Waals surface area contributed by atoms with Crippen LogP contribution in [0.5, 0.6) is 11.5 Å². The van der Waals surface area contributed by atoms with Crippen LogP contribution in [0.15, 0.2) is 82.4 Å². The number of nitrogens with zero attached hydrogens (tertiary/aromatic N) is 1. The van der Waals surface area contributed by atoms with Crippen LogP contribution >= 0.6 is 15.9 Å². The molecule has 2 N–H and O–H groups in total. The van der Waals surface area contributed by atoms with Gasteiger partial charge < -0.3 is 14.8 Å². The lowest BCUT2D eigenvalue weighted by molar-refractivity contribution is -0.139. The Hall–Kier alpha value is -3.65. The third kappa shape index (κ3) is 7.45. The summed E-state index contributed by atoms with van der Waals surface area (Å²) in [5, 5.41) is 6.53. The smallest absolute Gasteiger partial charge is 0.329 e. The predicted molar refractivity (Wildman–Crippen MR) is 135 cm³/mol. The number of hydrogen-bond acceptors (Lipinski definition) is 5. The molecule has 0 saturated carbocycles. The molecule has 3 aromatic rings. The Morgan fingerprint density at radius 1 is 0.971 bits per heavy atom. The molecule has 7 nitrogen and oxygen atoms in total. The molecule has 0 bridgehead atoms. The van der Waals surface area contributed by atoms with Crippen LogP contribution in [0.2, 0.25) is 0 Å². The Morgan fingerprint density at radius 2 is 1.71 bits per heavy atom. The molecule has 0 spiro atoms. The standard InChI is InChI=1S/C26H26BrN3O4/c1-3-33-24-15-20(11-14-23(24)34-17-19-9-12-22(27)13-10-19)16-28-30-26(32)25(31)29-18(2)21-7-5-4-6-8-21/h4-16,18H,3,17H2,1-2H3,(H,29,31)(H,30,32)/b28-16-/t18-/m0/s1. The summed E-state index contributed by atoms with van der Waals surface area (Å²) in [6.07, 6.45) is 1.44. The largest absolute Gasteiger partial charge is 0.490 e. The van der Waals surface area contributed by atoms with Crippen molar-refractivity contribution in [2.45, 2.75) is 26.5 Å². The van der Waals surface area contributed by atoms with E-state index in [-0.39, 0.29) is 6.04 Å². The van der Waals surface area contributed by atoms with Gasteiger partial charge in [0.05, 0.1) is 18.9 Å². The molecule has 0 heterocycles. The Morgan fingerprint density at radius 3 is 2.41 bits per heavy atom. The first-order chi connectivity index (χ1) is 16.5. The van der Waals surface area contributed by atoms with E-state index in [1.807, 2.05) is 61.5 Å². The minimum absolute atomic E-state index is 0.304. The highest BCUT2D eigenvalue weighted by Gasteiger charge is 2.16. The fourth-order valence-corrected chi connectivity index (χ4v) is 3.30. The van der Waals surface area contributed by atoms with E-state index in [2.05, 4.69) is 31.8 Å². The molecular formula is C26H26BrN3O4. The maximum atomic E-state index is 12.1. The maximum absolute atomic E-state index is 12.1. The van der Waals surface area contributed by atoms with Crippen molar-refractivity contribution in [2.24, 2.45) is 5.10 Å². The number of hydrazone groups is 1. The zero-order chi connectivity index (χ0) is 24.3. The van der Waals surface area contributed by atoms with E-state index < -0.39 is 11.8 Å². The summed E-state index contributed by atoms with van der Waals surface area (Å²) in [6.45, 7) is 4.55. The Balaban J connectivity index is 1.56. The number of amides is 2. The number of halogens is 1. The van der Waals surface area contributed by atoms with Crippen LogP contribution in [0.4, 0.5) is 0 Å². The SMILES string of the molecule is CCOc1cc(/C=N\NC(=O)C(=O)N[C@@H](C)c2ccccc2)ccc1OCc1ccc(Br)cc1. The van der Waals surface area contributed by atoms with Crippen molar-refractivity contribution in [3.63, 3.8) is 0 Å². The van der Waals surface area contributed by atoms with Crippen molar-refractivity contribution >= 4 is 34.0 Å². The van der Waals surface area contributed by atoms with Gasteiger partial charge in [-0.1, -0.05) is 58.4 Å². The first-order valence-electron chi connectivity index (χ1n) is 10.8. The van der Waals surface area contributed by atoms with Crippen LogP contribution in [0.25, 0.3) is 0 Å². The minimum Gasteiger partial charge on any atom is -0.490 e. The molecule has 0 radical (unpaired) electrons. The second kappa shape index (κ2) is 12.6. The molecule has 3 aromatic carbocycles. The Bertz CT molecular complexity index is 1130. The average molecular weight is 524 g/mol. The Kier molecular flexibility index (Phi) is 9.22. The lowest BCUT2D eigenvalue weighted by Gasteiger charge is -2.13. The van der Waals surface area contributed by atoms with E-state index in [1.165, 1.54) is 6.21 Å². The summed E-state index contributed by atoms with van der Waals surface area (Å²) in [6, 6.07) is 22.3. The number of hydrogen-bond donors (Lipinski definition) is 2. The van der Waals surface area contributed by atoms with Crippen molar-refractivity contribution in [3.8, 4) is 11.5 Å². The molecular weight excluding hydrogens is 498 g/mol. The molecule has 0 aliphatic heterocycles. The molecule has 0 aromatic heterocycles. The van der Waals surface area contributed by atoms with Gasteiger partial charge in [-0.2, -0.15) is 5.10 Å². The highest BCUT2D eigenvalue weighted by molar-refractivity contribution is 9.10. The maximum Gasteiger partial charge on any atom is 0.329 e. The van der Waals surface area contributed by atoms with Crippen molar-refractivity contribution in [3.05, 3.63) is 94.0 Å². The summed E-state index contributed by atoms with van der Waals surface area (Å²) in [4.78, 5) is 24.2. The van der Waals surface area contributed by atoms with Gasteiger partial charge in [0.25, 0.3) is 0 Å². The molecule has 34 heavy (non-hydrogen) atoms. The van der Waals surface area contributed by atoms with E-state index in [4.69, 9.17) is 9.47 Å². The number of rotatable bonds is 9. The second-order valence-corrected chi connectivity index (χ2v) is 8.27. The van der Waals surface area contributed by atoms with Gasteiger partial charge >= 0.3 is 11.8 Å². The zero-order valence-electron chi connectivity index (χ0n) is 19.0.